The summed E-state index contributed by atoms with van der Waals surface area (Å²) in [6, 6.07) is 0. The molecule has 24 heavy (non-hydrogen) atoms. The van der Waals surface area contributed by atoms with Crippen LogP contribution in [-0.4, -0.2) is 23.6 Å². The van der Waals surface area contributed by atoms with Crippen molar-refractivity contribution in [1.82, 2.24) is 0 Å². The highest BCUT2D eigenvalue weighted by Crippen LogP contribution is 2.47. The number of carbonyl (C=O) groups is 1. The van der Waals surface area contributed by atoms with E-state index >= 15 is 0 Å². The molecule has 1 aliphatic heterocycles. The highest BCUT2D eigenvalue weighted by molar-refractivity contribution is 8.07. The van der Waals surface area contributed by atoms with E-state index in [1.165, 1.54) is 97.0 Å². The molecule has 0 spiro atoms. The molecular weight excluding hydrogens is 316 g/mol. The summed E-state index contributed by atoms with van der Waals surface area (Å²) in [5.41, 5.74) is 0. The molecule has 1 saturated heterocycles. The summed E-state index contributed by atoms with van der Waals surface area (Å²) in [7, 11) is 1.48. The predicted molar refractivity (Wildman–Crippen MR) is 107 cm³/mol. The van der Waals surface area contributed by atoms with E-state index in [-0.39, 0.29) is 5.97 Å². The first-order valence-electron chi connectivity index (χ1n) is 10.5. The second-order valence-electron chi connectivity index (χ2n) is 7.36. The van der Waals surface area contributed by atoms with Crippen LogP contribution in [-0.2, 0) is 9.53 Å². The molecule has 3 heteroatoms. The molecule has 2 atom stereocenters. The van der Waals surface area contributed by atoms with E-state index in [1.807, 2.05) is 0 Å². The Bertz CT molecular complexity index is 306. The van der Waals surface area contributed by atoms with E-state index in [4.69, 9.17) is 0 Å². The van der Waals surface area contributed by atoms with Gasteiger partial charge in [0.2, 0.25) is 0 Å². The van der Waals surface area contributed by atoms with Gasteiger partial charge in [0.25, 0.3) is 0 Å². The monoisotopic (exact) mass is 356 g/mol. The van der Waals surface area contributed by atoms with Crippen LogP contribution in [0, 0.1) is 0 Å². The van der Waals surface area contributed by atoms with Crippen LogP contribution < -0.4 is 0 Å². The number of thioether (sulfide) groups is 1. The summed E-state index contributed by atoms with van der Waals surface area (Å²) < 4.78 is 4.68. The van der Waals surface area contributed by atoms with Crippen LogP contribution >= 0.6 is 11.8 Å². The Morgan fingerprint density at radius 1 is 0.750 bits per heavy atom. The first-order valence-corrected chi connectivity index (χ1v) is 11.4. The van der Waals surface area contributed by atoms with Crippen molar-refractivity contribution in [2.75, 3.05) is 7.11 Å². The highest BCUT2D eigenvalue weighted by Gasteiger charge is 2.36. The molecule has 1 aliphatic rings. The molecule has 1 fully saturated rings. The van der Waals surface area contributed by atoms with Gasteiger partial charge in [-0.15, -0.1) is 0 Å². The van der Waals surface area contributed by atoms with Gasteiger partial charge in [-0.2, -0.15) is 11.8 Å². The maximum absolute atomic E-state index is 11.1. The standard InChI is InChI=1S/C21H40O2S/c1-3-4-5-6-7-8-9-10-11-12-13-14-16-19-20(24-19)17-15-18-21(22)23-2/h19-20H,3-18H2,1-2H3. The normalized spacial score (nSPS) is 19.4. The third-order valence-electron chi connectivity index (χ3n) is 5.13. The van der Waals surface area contributed by atoms with Crippen molar-refractivity contribution >= 4 is 17.7 Å². The minimum atomic E-state index is -0.0573. The lowest BCUT2D eigenvalue weighted by Crippen LogP contribution is -2.01. The number of rotatable bonds is 17. The van der Waals surface area contributed by atoms with Gasteiger partial charge >= 0.3 is 5.97 Å². The summed E-state index contributed by atoms with van der Waals surface area (Å²) in [5, 5.41) is 1.73. The minimum absolute atomic E-state index is 0.0573. The Morgan fingerprint density at radius 3 is 1.71 bits per heavy atom. The number of hydrogen-bond donors (Lipinski definition) is 0. The highest BCUT2D eigenvalue weighted by atomic mass is 32.2. The number of esters is 1. The van der Waals surface area contributed by atoms with Gasteiger partial charge in [-0.05, 0) is 19.3 Å². The molecule has 0 aromatic rings. The first-order chi connectivity index (χ1) is 11.8. The third-order valence-corrected chi connectivity index (χ3v) is 6.64. The van der Waals surface area contributed by atoms with Gasteiger partial charge in [0.1, 0.15) is 0 Å². The Kier molecular flexibility index (Phi) is 13.8. The van der Waals surface area contributed by atoms with Gasteiger partial charge in [0.05, 0.1) is 7.11 Å². The summed E-state index contributed by atoms with van der Waals surface area (Å²) in [4.78, 5) is 11.1. The van der Waals surface area contributed by atoms with Crippen molar-refractivity contribution in [2.45, 2.75) is 120 Å². The van der Waals surface area contributed by atoms with E-state index < -0.39 is 0 Å². The second-order valence-corrected chi connectivity index (χ2v) is 8.84. The largest absolute Gasteiger partial charge is 0.469 e. The van der Waals surface area contributed by atoms with Crippen LogP contribution in [0.15, 0.2) is 0 Å². The van der Waals surface area contributed by atoms with Crippen LogP contribution in [0.1, 0.15) is 110 Å². The quantitative estimate of drug-likeness (QED) is 0.161. The molecule has 1 rings (SSSR count). The molecule has 0 N–H and O–H groups in total. The fourth-order valence-electron chi connectivity index (χ4n) is 3.42. The Hall–Kier alpha value is -0.180. The Morgan fingerprint density at radius 2 is 1.21 bits per heavy atom. The fourth-order valence-corrected chi connectivity index (χ4v) is 4.66. The molecule has 0 aromatic heterocycles. The van der Waals surface area contributed by atoms with Crippen molar-refractivity contribution in [2.24, 2.45) is 0 Å². The van der Waals surface area contributed by atoms with Crippen molar-refractivity contribution < 1.29 is 9.53 Å². The zero-order valence-electron chi connectivity index (χ0n) is 16.2. The van der Waals surface area contributed by atoms with Crippen LogP contribution in [0.2, 0.25) is 0 Å². The molecule has 0 radical (unpaired) electrons. The van der Waals surface area contributed by atoms with Crippen molar-refractivity contribution in [3.63, 3.8) is 0 Å². The molecule has 2 unspecified atom stereocenters. The molecular formula is C21H40O2S. The lowest BCUT2D eigenvalue weighted by atomic mass is 10.0. The average molecular weight is 357 g/mol. The average Bonchev–Trinajstić information content (AvgIpc) is 3.34. The van der Waals surface area contributed by atoms with Crippen LogP contribution in [0.4, 0.5) is 0 Å². The van der Waals surface area contributed by atoms with Gasteiger partial charge in [-0.1, -0.05) is 84.0 Å². The fraction of sp³-hybridized carbons (Fsp3) is 0.952. The van der Waals surface area contributed by atoms with Gasteiger partial charge in [-0.3, -0.25) is 4.79 Å². The van der Waals surface area contributed by atoms with E-state index in [2.05, 4.69) is 23.4 Å². The number of carbonyl (C=O) groups excluding carboxylic acids is 1. The summed E-state index contributed by atoms with van der Waals surface area (Å²) in [6.45, 7) is 2.28. The molecule has 2 nitrogen and oxygen atoms in total. The zero-order chi connectivity index (χ0) is 17.5. The topological polar surface area (TPSA) is 26.3 Å². The molecule has 0 amide bonds. The van der Waals surface area contributed by atoms with E-state index in [0.717, 1.165) is 16.9 Å². The SMILES string of the molecule is CCCCCCCCCCCCCCC1SC1CCCC(=O)OC. The lowest BCUT2D eigenvalue weighted by Gasteiger charge is -2.03. The van der Waals surface area contributed by atoms with Crippen LogP contribution in [0.5, 0.6) is 0 Å². The van der Waals surface area contributed by atoms with Gasteiger partial charge in [0.15, 0.2) is 0 Å². The van der Waals surface area contributed by atoms with Crippen LogP contribution in [0.25, 0.3) is 0 Å². The minimum Gasteiger partial charge on any atom is -0.469 e. The van der Waals surface area contributed by atoms with Gasteiger partial charge in [-0.25, -0.2) is 0 Å². The molecule has 142 valence electrons. The predicted octanol–water partition coefficient (Wildman–Crippen LogP) is 6.90. The molecule has 1 heterocycles. The van der Waals surface area contributed by atoms with E-state index in [9.17, 15) is 4.79 Å². The first kappa shape index (κ1) is 21.9. The van der Waals surface area contributed by atoms with Gasteiger partial charge in [0, 0.05) is 16.9 Å². The molecule has 0 aliphatic carbocycles. The van der Waals surface area contributed by atoms with Crippen molar-refractivity contribution in [1.29, 1.82) is 0 Å². The Balaban J connectivity index is 1.73. The third kappa shape index (κ3) is 12.2. The number of ether oxygens (including phenoxy) is 1. The zero-order valence-corrected chi connectivity index (χ0v) is 17.0. The van der Waals surface area contributed by atoms with E-state index in [1.54, 1.807) is 0 Å². The van der Waals surface area contributed by atoms with Gasteiger partial charge < -0.3 is 4.74 Å². The van der Waals surface area contributed by atoms with Crippen molar-refractivity contribution in [3.8, 4) is 0 Å². The number of unbranched alkanes of at least 4 members (excludes halogenated alkanes) is 11. The lowest BCUT2D eigenvalue weighted by molar-refractivity contribution is -0.140. The maximum Gasteiger partial charge on any atom is 0.305 e. The summed E-state index contributed by atoms with van der Waals surface area (Å²) in [5.74, 6) is -0.0573. The Labute approximate surface area is 154 Å². The number of methoxy groups -OCH3 is 1. The summed E-state index contributed by atoms with van der Waals surface area (Å²) in [6.07, 6.45) is 21.4. The molecule has 0 saturated carbocycles. The summed E-state index contributed by atoms with van der Waals surface area (Å²) >= 11 is 2.13. The smallest absolute Gasteiger partial charge is 0.305 e. The van der Waals surface area contributed by atoms with Crippen LogP contribution in [0.3, 0.4) is 0 Å². The number of hydrogen-bond acceptors (Lipinski definition) is 3. The second kappa shape index (κ2) is 15.1. The van der Waals surface area contributed by atoms with E-state index in [0.29, 0.717) is 6.42 Å². The maximum atomic E-state index is 11.1. The molecule has 0 bridgehead atoms. The van der Waals surface area contributed by atoms with Crippen molar-refractivity contribution in [3.05, 3.63) is 0 Å². The molecule has 0 aromatic carbocycles.